The molecule has 0 spiro atoms. The van der Waals surface area contributed by atoms with Crippen molar-refractivity contribution in [2.75, 3.05) is 18.5 Å². The molecule has 1 amide bonds. The van der Waals surface area contributed by atoms with Crippen LogP contribution in [0.15, 0.2) is 54.6 Å². The van der Waals surface area contributed by atoms with Crippen LogP contribution in [0, 0.1) is 25.2 Å². The number of allylic oxidation sites excluding steroid dienone is 1. The summed E-state index contributed by atoms with van der Waals surface area (Å²) in [5, 5.41) is 13.5. The van der Waals surface area contributed by atoms with Gasteiger partial charge in [0.25, 0.3) is 5.91 Å². The van der Waals surface area contributed by atoms with Gasteiger partial charge in [-0.15, -0.1) is 17.9 Å². The Balaban J connectivity index is 1.96. The number of halogens is 1. The van der Waals surface area contributed by atoms with Crippen molar-refractivity contribution in [1.82, 2.24) is 0 Å². The van der Waals surface area contributed by atoms with Gasteiger partial charge in [-0.2, -0.15) is 5.26 Å². The molecule has 208 valence electrons. The second kappa shape index (κ2) is 14.4. The zero-order valence-corrected chi connectivity index (χ0v) is 24.5. The Labute approximate surface area is 243 Å². The van der Waals surface area contributed by atoms with Gasteiger partial charge < -0.3 is 19.5 Å². The van der Waals surface area contributed by atoms with E-state index in [2.05, 4.69) is 11.9 Å². The molecule has 0 atom stereocenters. The fourth-order valence-electron chi connectivity index (χ4n) is 3.92. The SMILES string of the molecule is C=CCc1cc(/C=C(/C#N)C(=O)Nc2sc(C)c(C)c2C(=O)OCC)cc(OCC)c1OCc1ccccc1Cl. The van der Waals surface area contributed by atoms with Gasteiger partial charge in [0.15, 0.2) is 11.5 Å². The molecule has 0 saturated heterocycles. The molecule has 0 aliphatic carbocycles. The summed E-state index contributed by atoms with van der Waals surface area (Å²) >= 11 is 7.56. The van der Waals surface area contributed by atoms with Crippen molar-refractivity contribution in [3.63, 3.8) is 0 Å². The minimum Gasteiger partial charge on any atom is -0.490 e. The number of ether oxygens (including phenoxy) is 3. The van der Waals surface area contributed by atoms with Gasteiger partial charge in [0.05, 0.1) is 18.8 Å². The van der Waals surface area contributed by atoms with Gasteiger partial charge in [-0.05, 0) is 69.5 Å². The number of hydrogen-bond donors (Lipinski definition) is 1. The minimum atomic E-state index is -0.642. The molecule has 0 aliphatic heterocycles. The second-order valence-corrected chi connectivity index (χ2v) is 10.3. The van der Waals surface area contributed by atoms with Gasteiger partial charge in [0.1, 0.15) is 23.3 Å². The first kappa shape index (κ1) is 30.5. The molecule has 1 N–H and O–H groups in total. The molecule has 0 radical (unpaired) electrons. The summed E-state index contributed by atoms with van der Waals surface area (Å²) in [4.78, 5) is 26.5. The number of carbonyl (C=O) groups is 2. The Bertz CT molecular complexity index is 1490. The zero-order valence-electron chi connectivity index (χ0n) is 22.9. The van der Waals surface area contributed by atoms with Crippen LogP contribution in [-0.2, 0) is 22.6 Å². The average molecular weight is 579 g/mol. The number of thiophene rings is 1. The van der Waals surface area contributed by atoms with E-state index >= 15 is 0 Å². The number of carbonyl (C=O) groups excluding carboxylic acids is 2. The highest BCUT2D eigenvalue weighted by Gasteiger charge is 2.23. The number of benzene rings is 2. The Morgan fingerprint density at radius 3 is 2.52 bits per heavy atom. The lowest BCUT2D eigenvalue weighted by Gasteiger charge is -2.17. The lowest BCUT2D eigenvalue weighted by Crippen LogP contribution is -2.16. The molecule has 2 aromatic carbocycles. The van der Waals surface area contributed by atoms with Crippen molar-refractivity contribution in [2.24, 2.45) is 0 Å². The number of hydrogen-bond acceptors (Lipinski definition) is 7. The number of amides is 1. The summed E-state index contributed by atoms with van der Waals surface area (Å²) in [6, 6.07) is 12.9. The van der Waals surface area contributed by atoms with Gasteiger partial charge in [0.2, 0.25) is 0 Å². The van der Waals surface area contributed by atoms with E-state index in [4.69, 9.17) is 25.8 Å². The van der Waals surface area contributed by atoms with Crippen LogP contribution >= 0.6 is 22.9 Å². The Morgan fingerprint density at radius 1 is 1.12 bits per heavy atom. The molecule has 0 unspecified atom stereocenters. The van der Waals surface area contributed by atoms with Crippen LogP contribution in [0.1, 0.15) is 51.3 Å². The Kier molecular flexibility index (Phi) is 10.9. The Hall–Kier alpha value is -4.06. The van der Waals surface area contributed by atoms with E-state index in [-0.39, 0.29) is 18.8 Å². The van der Waals surface area contributed by atoms with Crippen molar-refractivity contribution in [3.8, 4) is 17.6 Å². The number of nitriles is 1. The van der Waals surface area contributed by atoms with Crippen LogP contribution < -0.4 is 14.8 Å². The van der Waals surface area contributed by atoms with Crippen LogP contribution in [0.4, 0.5) is 5.00 Å². The third kappa shape index (κ3) is 7.32. The summed E-state index contributed by atoms with van der Waals surface area (Å²) in [6.07, 6.45) is 3.67. The molecular formula is C31H31ClN2O5S. The lowest BCUT2D eigenvalue weighted by molar-refractivity contribution is -0.112. The number of nitrogens with zero attached hydrogens (tertiary/aromatic N) is 1. The second-order valence-electron chi connectivity index (χ2n) is 8.64. The van der Waals surface area contributed by atoms with Gasteiger partial charge in [-0.1, -0.05) is 35.9 Å². The average Bonchev–Trinajstić information content (AvgIpc) is 3.20. The van der Waals surface area contributed by atoms with Gasteiger partial charge in [0, 0.05) is 21.0 Å². The third-order valence-corrected chi connectivity index (χ3v) is 7.41. The standard InChI is InChI=1S/C31H31ClN2O5S/c1-6-11-22-14-21(16-26(37-7-2)28(22)39-18-23-12-9-10-13-25(23)32)15-24(17-33)29(35)34-30-27(31(36)38-8-3)19(4)20(5)40-30/h6,9-10,12-16H,1,7-8,11,18H2,2-5H3,(H,34,35)/b24-15-. The lowest BCUT2D eigenvalue weighted by atomic mass is 10.0. The molecule has 40 heavy (non-hydrogen) atoms. The maximum atomic E-state index is 13.1. The number of esters is 1. The number of anilines is 1. The van der Waals surface area contributed by atoms with Crippen LogP contribution in [0.2, 0.25) is 5.02 Å². The van der Waals surface area contributed by atoms with E-state index in [1.54, 1.807) is 32.1 Å². The third-order valence-electron chi connectivity index (χ3n) is 5.92. The predicted octanol–water partition coefficient (Wildman–Crippen LogP) is 7.45. The monoisotopic (exact) mass is 578 g/mol. The van der Waals surface area contributed by atoms with Gasteiger partial charge in [-0.25, -0.2) is 4.79 Å². The summed E-state index contributed by atoms with van der Waals surface area (Å²) in [5.74, 6) is -0.168. The molecule has 1 heterocycles. The van der Waals surface area contributed by atoms with Crippen LogP contribution in [-0.4, -0.2) is 25.1 Å². The minimum absolute atomic E-state index is 0.143. The van der Waals surface area contributed by atoms with E-state index in [9.17, 15) is 14.9 Å². The molecule has 0 fully saturated rings. The number of rotatable bonds is 12. The van der Waals surface area contributed by atoms with Crippen molar-refractivity contribution in [3.05, 3.63) is 92.3 Å². The molecule has 0 aliphatic rings. The van der Waals surface area contributed by atoms with Crippen LogP contribution in [0.5, 0.6) is 11.5 Å². The molecule has 9 heteroatoms. The fourth-order valence-corrected chi connectivity index (χ4v) is 5.15. The summed E-state index contributed by atoms with van der Waals surface area (Å²) in [6.45, 7) is 11.9. The molecule has 3 aromatic rings. The maximum absolute atomic E-state index is 13.1. The van der Waals surface area contributed by atoms with Crippen molar-refractivity contribution in [1.29, 1.82) is 5.26 Å². The number of aryl methyl sites for hydroxylation is 1. The molecule has 7 nitrogen and oxygen atoms in total. The summed E-state index contributed by atoms with van der Waals surface area (Å²) < 4.78 is 17.2. The highest BCUT2D eigenvalue weighted by atomic mass is 35.5. The molecule has 1 aromatic heterocycles. The van der Waals surface area contributed by atoms with Gasteiger partial charge in [-0.3, -0.25) is 4.79 Å². The van der Waals surface area contributed by atoms with E-state index in [1.807, 2.05) is 44.2 Å². The molecule has 0 bridgehead atoms. The fraction of sp³-hybridized carbons (Fsp3) is 0.258. The normalized spacial score (nSPS) is 10.9. The van der Waals surface area contributed by atoms with Crippen LogP contribution in [0.25, 0.3) is 6.08 Å². The first-order valence-electron chi connectivity index (χ1n) is 12.7. The summed E-state index contributed by atoms with van der Waals surface area (Å²) in [7, 11) is 0. The van der Waals surface area contributed by atoms with Crippen molar-refractivity contribution < 1.29 is 23.8 Å². The van der Waals surface area contributed by atoms with Crippen LogP contribution in [0.3, 0.4) is 0 Å². The molecule has 0 saturated carbocycles. The smallest absolute Gasteiger partial charge is 0.341 e. The predicted molar refractivity (Wildman–Crippen MR) is 159 cm³/mol. The zero-order chi connectivity index (χ0) is 29.2. The van der Waals surface area contributed by atoms with E-state index < -0.39 is 11.9 Å². The largest absolute Gasteiger partial charge is 0.490 e. The highest BCUT2D eigenvalue weighted by molar-refractivity contribution is 7.16. The molecule has 3 rings (SSSR count). The quantitative estimate of drug-likeness (QED) is 0.104. The maximum Gasteiger partial charge on any atom is 0.341 e. The topological polar surface area (TPSA) is 97.7 Å². The van der Waals surface area contributed by atoms with E-state index in [0.717, 1.165) is 21.6 Å². The number of nitrogens with one attached hydrogen (secondary N) is 1. The van der Waals surface area contributed by atoms with E-state index in [0.29, 0.717) is 45.7 Å². The van der Waals surface area contributed by atoms with Crippen molar-refractivity contribution in [2.45, 2.75) is 40.7 Å². The van der Waals surface area contributed by atoms with Crippen molar-refractivity contribution >= 4 is 45.9 Å². The van der Waals surface area contributed by atoms with Gasteiger partial charge >= 0.3 is 5.97 Å². The summed E-state index contributed by atoms with van der Waals surface area (Å²) in [5.41, 5.74) is 3.04. The first-order valence-corrected chi connectivity index (χ1v) is 13.9. The highest BCUT2D eigenvalue weighted by Crippen LogP contribution is 2.36. The Morgan fingerprint density at radius 2 is 1.88 bits per heavy atom. The first-order chi connectivity index (χ1) is 19.2. The molecular weight excluding hydrogens is 548 g/mol. The van der Waals surface area contributed by atoms with E-state index in [1.165, 1.54) is 17.4 Å².